The second-order valence-electron chi connectivity index (χ2n) is 5.98. The van der Waals surface area contributed by atoms with Crippen LogP contribution in [0, 0.1) is 5.92 Å². The minimum Gasteiger partial charge on any atom is -0.313 e. The van der Waals surface area contributed by atoms with Gasteiger partial charge in [0.1, 0.15) is 0 Å². The van der Waals surface area contributed by atoms with E-state index in [4.69, 9.17) is 0 Å². The largest absolute Gasteiger partial charge is 0.313 e. The van der Waals surface area contributed by atoms with E-state index in [2.05, 4.69) is 45.3 Å². The molecule has 1 aliphatic carbocycles. The van der Waals surface area contributed by atoms with Crippen molar-refractivity contribution in [2.75, 3.05) is 6.54 Å². The Balaban J connectivity index is 1.99. The van der Waals surface area contributed by atoms with Crippen LogP contribution in [-0.2, 0) is 6.42 Å². The van der Waals surface area contributed by atoms with Gasteiger partial charge in [0.05, 0.1) is 0 Å². The van der Waals surface area contributed by atoms with Crippen molar-refractivity contribution in [1.82, 2.24) is 10.3 Å². The first kappa shape index (κ1) is 16.0. The first-order valence-corrected chi connectivity index (χ1v) is 8.92. The van der Waals surface area contributed by atoms with E-state index in [1.165, 1.54) is 50.6 Å². The predicted octanol–water partition coefficient (Wildman–Crippen LogP) is 4.73. The molecule has 0 aromatic carbocycles. The molecule has 1 fully saturated rings. The first-order valence-electron chi connectivity index (χ1n) is 8.13. The van der Waals surface area contributed by atoms with Crippen molar-refractivity contribution in [2.24, 2.45) is 5.92 Å². The lowest BCUT2D eigenvalue weighted by Gasteiger charge is -2.27. The van der Waals surface area contributed by atoms with Gasteiger partial charge >= 0.3 is 0 Å². The van der Waals surface area contributed by atoms with Gasteiger partial charge in [0, 0.05) is 28.8 Å². The first-order chi connectivity index (χ1) is 9.79. The molecule has 1 atom stereocenters. The van der Waals surface area contributed by atoms with E-state index >= 15 is 0 Å². The summed E-state index contributed by atoms with van der Waals surface area (Å²) in [6.07, 6.45) is 12.6. The molecule has 0 amide bonds. The molecule has 2 rings (SSSR count). The number of aromatic nitrogens is 1. The van der Waals surface area contributed by atoms with Gasteiger partial charge in [0.25, 0.3) is 0 Å². The van der Waals surface area contributed by atoms with E-state index in [0.29, 0.717) is 6.04 Å². The Morgan fingerprint density at radius 3 is 2.60 bits per heavy atom. The molecular formula is C17H27BrN2. The molecule has 1 aliphatic rings. The normalized spacial score (nSPS) is 18.7. The van der Waals surface area contributed by atoms with Crippen LogP contribution >= 0.6 is 15.9 Å². The maximum atomic E-state index is 4.56. The summed E-state index contributed by atoms with van der Waals surface area (Å²) in [7, 11) is 0. The smallest absolute Gasteiger partial charge is 0.0420 e. The molecule has 1 aromatic rings. The van der Waals surface area contributed by atoms with Gasteiger partial charge in [0.2, 0.25) is 0 Å². The summed E-state index contributed by atoms with van der Waals surface area (Å²) in [6, 6.07) is 4.86. The van der Waals surface area contributed by atoms with Crippen LogP contribution in [0.4, 0.5) is 0 Å². The molecule has 0 bridgehead atoms. The number of nitrogens with zero attached hydrogens (tertiary/aromatic N) is 1. The molecule has 112 valence electrons. The van der Waals surface area contributed by atoms with Crippen LogP contribution in [0.25, 0.3) is 0 Å². The number of hydrogen-bond acceptors (Lipinski definition) is 2. The highest BCUT2D eigenvalue weighted by Gasteiger charge is 2.22. The van der Waals surface area contributed by atoms with Crippen LogP contribution in [0.2, 0.25) is 0 Å². The number of rotatable bonds is 6. The average molecular weight is 339 g/mol. The Hall–Kier alpha value is -0.410. The SMILES string of the molecule is CCCNC(Cc1ccc(Br)cn1)C1CCCCCC1. The molecule has 20 heavy (non-hydrogen) atoms. The average Bonchev–Trinajstić information content (AvgIpc) is 2.74. The zero-order valence-corrected chi connectivity index (χ0v) is 14.2. The van der Waals surface area contributed by atoms with E-state index < -0.39 is 0 Å². The molecule has 1 saturated carbocycles. The Kier molecular flexibility index (Phi) is 7.01. The minimum absolute atomic E-state index is 0.599. The zero-order chi connectivity index (χ0) is 14.2. The summed E-state index contributed by atoms with van der Waals surface area (Å²) >= 11 is 3.46. The molecule has 1 N–H and O–H groups in total. The van der Waals surface area contributed by atoms with Crippen molar-refractivity contribution < 1.29 is 0 Å². The topological polar surface area (TPSA) is 24.9 Å². The standard InChI is InChI=1S/C17H27BrN2/c1-2-11-19-17(14-7-5-3-4-6-8-14)12-16-10-9-15(18)13-20-16/h9-10,13-14,17,19H,2-8,11-12H2,1H3. The number of pyridine rings is 1. The lowest BCUT2D eigenvalue weighted by Crippen LogP contribution is -2.38. The Morgan fingerprint density at radius 2 is 2.00 bits per heavy atom. The maximum Gasteiger partial charge on any atom is 0.0420 e. The third kappa shape index (κ3) is 5.17. The molecule has 3 heteroatoms. The van der Waals surface area contributed by atoms with E-state index in [1.54, 1.807) is 0 Å². The summed E-state index contributed by atoms with van der Waals surface area (Å²) in [6.45, 7) is 3.37. The second-order valence-corrected chi connectivity index (χ2v) is 6.90. The van der Waals surface area contributed by atoms with E-state index in [1.807, 2.05) is 6.20 Å². The third-order valence-electron chi connectivity index (χ3n) is 4.34. The maximum absolute atomic E-state index is 4.56. The fourth-order valence-electron chi connectivity index (χ4n) is 3.20. The van der Waals surface area contributed by atoms with Gasteiger partial charge in [-0.1, -0.05) is 32.6 Å². The highest BCUT2D eigenvalue weighted by molar-refractivity contribution is 9.10. The van der Waals surface area contributed by atoms with Crippen LogP contribution in [0.3, 0.4) is 0 Å². The van der Waals surface area contributed by atoms with Crippen LogP contribution in [0.15, 0.2) is 22.8 Å². The molecule has 1 aromatic heterocycles. The quantitative estimate of drug-likeness (QED) is 0.758. The molecule has 0 saturated heterocycles. The fourth-order valence-corrected chi connectivity index (χ4v) is 3.44. The van der Waals surface area contributed by atoms with Crippen LogP contribution in [0.1, 0.15) is 57.6 Å². The van der Waals surface area contributed by atoms with E-state index in [-0.39, 0.29) is 0 Å². The Bertz CT molecular complexity index is 369. The van der Waals surface area contributed by atoms with E-state index in [0.717, 1.165) is 23.4 Å². The van der Waals surface area contributed by atoms with Gasteiger partial charge in [-0.05, 0) is 59.8 Å². The highest BCUT2D eigenvalue weighted by atomic mass is 79.9. The van der Waals surface area contributed by atoms with E-state index in [9.17, 15) is 0 Å². The van der Waals surface area contributed by atoms with Crippen molar-refractivity contribution in [3.8, 4) is 0 Å². The molecule has 2 nitrogen and oxygen atoms in total. The lowest BCUT2D eigenvalue weighted by molar-refractivity contribution is 0.316. The van der Waals surface area contributed by atoms with Crippen molar-refractivity contribution in [3.63, 3.8) is 0 Å². The van der Waals surface area contributed by atoms with Gasteiger partial charge in [-0.25, -0.2) is 0 Å². The van der Waals surface area contributed by atoms with Crippen molar-refractivity contribution in [2.45, 2.75) is 64.3 Å². The minimum atomic E-state index is 0.599. The van der Waals surface area contributed by atoms with Gasteiger partial charge in [-0.2, -0.15) is 0 Å². The van der Waals surface area contributed by atoms with Gasteiger partial charge in [-0.15, -0.1) is 0 Å². The summed E-state index contributed by atoms with van der Waals surface area (Å²) < 4.78 is 1.06. The van der Waals surface area contributed by atoms with Crippen LogP contribution in [0.5, 0.6) is 0 Å². The molecule has 1 unspecified atom stereocenters. The number of hydrogen-bond donors (Lipinski definition) is 1. The Morgan fingerprint density at radius 1 is 1.25 bits per heavy atom. The molecular weight excluding hydrogens is 312 g/mol. The Labute approximate surface area is 131 Å². The van der Waals surface area contributed by atoms with Crippen molar-refractivity contribution >= 4 is 15.9 Å². The number of halogens is 1. The lowest BCUT2D eigenvalue weighted by atomic mass is 9.88. The molecule has 0 spiro atoms. The van der Waals surface area contributed by atoms with Gasteiger partial charge < -0.3 is 5.32 Å². The van der Waals surface area contributed by atoms with Gasteiger partial charge in [-0.3, -0.25) is 4.98 Å². The number of nitrogens with one attached hydrogen (secondary N) is 1. The molecule has 0 aliphatic heterocycles. The van der Waals surface area contributed by atoms with Crippen molar-refractivity contribution in [1.29, 1.82) is 0 Å². The molecule has 1 heterocycles. The summed E-state index contributed by atoms with van der Waals surface area (Å²) in [5, 5.41) is 3.78. The van der Waals surface area contributed by atoms with Crippen LogP contribution in [-0.4, -0.2) is 17.6 Å². The van der Waals surface area contributed by atoms with Crippen LogP contribution < -0.4 is 5.32 Å². The van der Waals surface area contributed by atoms with Gasteiger partial charge in [0.15, 0.2) is 0 Å². The van der Waals surface area contributed by atoms with Crippen molar-refractivity contribution in [3.05, 3.63) is 28.5 Å². The highest BCUT2D eigenvalue weighted by Crippen LogP contribution is 2.27. The summed E-state index contributed by atoms with van der Waals surface area (Å²) in [5.41, 5.74) is 1.21. The summed E-state index contributed by atoms with van der Waals surface area (Å²) in [4.78, 5) is 4.56. The summed E-state index contributed by atoms with van der Waals surface area (Å²) in [5.74, 6) is 0.828. The molecule has 0 radical (unpaired) electrons. The third-order valence-corrected chi connectivity index (χ3v) is 4.81. The fraction of sp³-hybridized carbons (Fsp3) is 0.706. The zero-order valence-electron chi connectivity index (χ0n) is 12.6. The monoisotopic (exact) mass is 338 g/mol. The second kappa shape index (κ2) is 8.78. The predicted molar refractivity (Wildman–Crippen MR) is 88.9 cm³/mol.